The number of rotatable bonds is 2. The van der Waals surface area contributed by atoms with Gasteiger partial charge in [0.25, 0.3) is 0 Å². The smallest absolute Gasteiger partial charge is 0.0853 e. The summed E-state index contributed by atoms with van der Waals surface area (Å²) in [5.41, 5.74) is 1.97. The number of hydrogen-bond acceptors (Lipinski definition) is 3. The number of anilines is 1. The van der Waals surface area contributed by atoms with Gasteiger partial charge in [-0.3, -0.25) is 4.98 Å². The Balaban J connectivity index is 2.12. The van der Waals surface area contributed by atoms with Gasteiger partial charge in [0.2, 0.25) is 0 Å². The fourth-order valence-electron chi connectivity index (χ4n) is 2.08. The third-order valence-electron chi connectivity index (χ3n) is 2.93. The minimum atomic E-state index is 0.0294. The van der Waals surface area contributed by atoms with Crippen LogP contribution in [-0.2, 0) is 6.61 Å². The Kier molecular flexibility index (Phi) is 3.56. The monoisotopic (exact) mass is 206 g/mol. The third-order valence-corrected chi connectivity index (χ3v) is 2.93. The maximum absolute atomic E-state index is 9.03. The molecular formula is C12H18N2O. The molecule has 2 heterocycles. The largest absolute Gasteiger partial charge is 0.390 e. The minimum Gasteiger partial charge on any atom is -0.390 e. The second-order valence-corrected chi connectivity index (χ2v) is 4.06. The Hall–Kier alpha value is -1.09. The maximum Gasteiger partial charge on any atom is 0.0853 e. The number of aliphatic hydroxyl groups is 1. The summed E-state index contributed by atoms with van der Waals surface area (Å²) >= 11 is 0. The summed E-state index contributed by atoms with van der Waals surface area (Å²) in [6.45, 7) is 2.30. The highest BCUT2D eigenvalue weighted by atomic mass is 16.3. The van der Waals surface area contributed by atoms with Crippen LogP contribution in [0.1, 0.15) is 31.4 Å². The summed E-state index contributed by atoms with van der Waals surface area (Å²) in [7, 11) is 0. The molecule has 15 heavy (non-hydrogen) atoms. The first-order valence-electron chi connectivity index (χ1n) is 5.71. The van der Waals surface area contributed by atoms with E-state index in [4.69, 9.17) is 5.11 Å². The van der Waals surface area contributed by atoms with Crippen LogP contribution in [0.5, 0.6) is 0 Å². The average molecular weight is 206 g/mol. The van der Waals surface area contributed by atoms with E-state index in [9.17, 15) is 0 Å². The summed E-state index contributed by atoms with van der Waals surface area (Å²) in [4.78, 5) is 6.50. The van der Waals surface area contributed by atoms with Crippen molar-refractivity contribution in [2.24, 2.45) is 0 Å². The van der Waals surface area contributed by atoms with Crippen LogP contribution in [0.3, 0.4) is 0 Å². The fraction of sp³-hybridized carbons (Fsp3) is 0.583. The zero-order valence-corrected chi connectivity index (χ0v) is 9.02. The van der Waals surface area contributed by atoms with Gasteiger partial charge in [0, 0.05) is 25.0 Å². The lowest BCUT2D eigenvalue weighted by molar-refractivity contribution is 0.277. The molecule has 3 nitrogen and oxygen atoms in total. The first kappa shape index (κ1) is 10.4. The van der Waals surface area contributed by atoms with Crippen molar-refractivity contribution in [3.05, 3.63) is 24.0 Å². The molecule has 1 aromatic rings. The van der Waals surface area contributed by atoms with Gasteiger partial charge in [0.1, 0.15) is 0 Å². The summed E-state index contributed by atoms with van der Waals surface area (Å²) in [6, 6.07) is 4.02. The molecule has 0 radical (unpaired) electrons. The standard InChI is InChI=1S/C12H18N2O/c15-10-11-9-12(5-6-13-11)14-7-3-1-2-4-8-14/h5-6,9,15H,1-4,7-8,10H2. The molecular weight excluding hydrogens is 188 g/mol. The second kappa shape index (κ2) is 5.12. The predicted molar refractivity (Wildman–Crippen MR) is 60.8 cm³/mol. The zero-order valence-electron chi connectivity index (χ0n) is 9.02. The van der Waals surface area contributed by atoms with E-state index in [-0.39, 0.29) is 6.61 Å². The van der Waals surface area contributed by atoms with Crippen molar-refractivity contribution in [2.75, 3.05) is 18.0 Å². The van der Waals surface area contributed by atoms with E-state index >= 15 is 0 Å². The Labute approximate surface area is 90.8 Å². The van der Waals surface area contributed by atoms with Crippen LogP contribution >= 0.6 is 0 Å². The van der Waals surface area contributed by atoms with Gasteiger partial charge in [-0.05, 0) is 25.0 Å². The van der Waals surface area contributed by atoms with Gasteiger partial charge in [0.05, 0.1) is 12.3 Å². The molecule has 0 spiro atoms. The molecule has 0 saturated carbocycles. The normalized spacial score (nSPS) is 17.5. The molecule has 3 heteroatoms. The van der Waals surface area contributed by atoms with E-state index in [1.54, 1.807) is 6.20 Å². The number of aliphatic hydroxyl groups excluding tert-OH is 1. The first-order chi connectivity index (χ1) is 7.40. The van der Waals surface area contributed by atoms with Gasteiger partial charge in [-0.1, -0.05) is 12.8 Å². The molecule has 1 aromatic heterocycles. The van der Waals surface area contributed by atoms with Crippen LogP contribution in [0.2, 0.25) is 0 Å². The molecule has 0 bridgehead atoms. The number of nitrogens with zero attached hydrogens (tertiary/aromatic N) is 2. The molecule has 1 fully saturated rings. The quantitative estimate of drug-likeness (QED) is 0.803. The maximum atomic E-state index is 9.03. The van der Waals surface area contributed by atoms with Crippen molar-refractivity contribution < 1.29 is 5.11 Å². The fourth-order valence-corrected chi connectivity index (χ4v) is 2.08. The van der Waals surface area contributed by atoms with Crippen molar-refractivity contribution in [3.63, 3.8) is 0 Å². The molecule has 0 amide bonds. The number of aromatic nitrogens is 1. The van der Waals surface area contributed by atoms with Crippen molar-refractivity contribution in [1.29, 1.82) is 0 Å². The minimum absolute atomic E-state index is 0.0294. The zero-order chi connectivity index (χ0) is 10.5. The lowest BCUT2D eigenvalue weighted by atomic mass is 10.2. The summed E-state index contributed by atoms with van der Waals surface area (Å²) in [6.07, 6.45) is 7.02. The van der Waals surface area contributed by atoms with Crippen molar-refractivity contribution in [1.82, 2.24) is 4.98 Å². The van der Waals surface area contributed by atoms with E-state index in [1.165, 1.54) is 31.4 Å². The van der Waals surface area contributed by atoms with Crippen LogP contribution in [0, 0.1) is 0 Å². The van der Waals surface area contributed by atoms with Gasteiger partial charge >= 0.3 is 0 Å². The Morgan fingerprint density at radius 1 is 1.20 bits per heavy atom. The van der Waals surface area contributed by atoms with Crippen LogP contribution in [0.25, 0.3) is 0 Å². The van der Waals surface area contributed by atoms with E-state index in [1.807, 2.05) is 12.1 Å². The van der Waals surface area contributed by atoms with Crippen molar-refractivity contribution >= 4 is 5.69 Å². The lowest BCUT2D eigenvalue weighted by Gasteiger charge is -2.22. The molecule has 1 N–H and O–H groups in total. The number of hydrogen-bond donors (Lipinski definition) is 1. The molecule has 1 aliphatic rings. The van der Waals surface area contributed by atoms with Crippen molar-refractivity contribution in [2.45, 2.75) is 32.3 Å². The molecule has 2 rings (SSSR count). The van der Waals surface area contributed by atoms with Gasteiger partial charge in [-0.2, -0.15) is 0 Å². The average Bonchev–Trinajstić information content (AvgIpc) is 2.58. The molecule has 1 aliphatic heterocycles. The highest BCUT2D eigenvalue weighted by Crippen LogP contribution is 2.19. The van der Waals surface area contributed by atoms with Crippen LogP contribution in [-0.4, -0.2) is 23.2 Å². The van der Waals surface area contributed by atoms with E-state index in [0.717, 1.165) is 18.8 Å². The van der Waals surface area contributed by atoms with E-state index in [2.05, 4.69) is 9.88 Å². The second-order valence-electron chi connectivity index (χ2n) is 4.06. The molecule has 82 valence electrons. The molecule has 0 aromatic carbocycles. The topological polar surface area (TPSA) is 36.4 Å². The van der Waals surface area contributed by atoms with Gasteiger partial charge in [-0.15, -0.1) is 0 Å². The van der Waals surface area contributed by atoms with Crippen molar-refractivity contribution in [3.8, 4) is 0 Å². The summed E-state index contributed by atoms with van der Waals surface area (Å²) in [5.74, 6) is 0. The predicted octanol–water partition coefficient (Wildman–Crippen LogP) is 1.95. The molecule has 0 unspecified atom stereocenters. The Morgan fingerprint density at radius 2 is 1.93 bits per heavy atom. The molecule has 1 saturated heterocycles. The van der Waals surface area contributed by atoms with E-state index < -0.39 is 0 Å². The highest BCUT2D eigenvalue weighted by molar-refractivity contribution is 5.46. The van der Waals surface area contributed by atoms with Gasteiger partial charge in [0.15, 0.2) is 0 Å². The summed E-state index contributed by atoms with van der Waals surface area (Å²) in [5, 5.41) is 9.03. The van der Waals surface area contributed by atoms with Crippen LogP contribution < -0.4 is 4.90 Å². The molecule has 0 atom stereocenters. The van der Waals surface area contributed by atoms with Crippen LogP contribution in [0.15, 0.2) is 18.3 Å². The highest BCUT2D eigenvalue weighted by Gasteiger charge is 2.09. The van der Waals surface area contributed by atoms with Crippen LogP contribution in [0.4, 0.5) is 5.69 Å². The van der Waals surface area contributed by atoms with Gasteiger partial charge in [-0.25, -0.2) is 0 Å². The van der Waals surface area contributed by atoms with E-state index in [0.29, 0.717) is 0 Å². The SMILES string of the molecule is OCc1cc(N2CCCCCC2)ccn1. The summed E-state index contributed by atoms with van der Waals surface area (Å²) < 4.78 is 0. The third kappa shape index (κ3) is 2.69. The number of pyridine rings is 1. The first-order valence-corrected chi connectivity index (χ1v) is 5.71. The Bertz CT molecular complexity index is 306. The van der Waals surface area contributed by atoms with Gasteiger partial charge < -0.3 is 10.0 Å². The molecule has 0 aliphatic carbocycles. The lowest BCUT2D eigenvalue weighted by Crippen LogP contribution is -2.23. The Morgan fingerprint density at radius 3 is 2.60 bits per heavy atom.